The van der Waals surface area contributed by atoms with Crippen LogP contribution in [0.1, 0.15) is 39.5 Å². The molecular weight excluding hydrogens is 394 g/mol. The van der Waals surface area contributed by atoms with Gasteiger partial charge in [-0.1, -0.05) is 12.1 Å². The standard InChI is InChI=1S/C24H35N3O4/c1-17(2)31-22-7-4-3-6-21(22)26-14-12-25(13-15-26)10-5-11-27-23(29)19-9-8-18(28)16-20(19)24(27)30/h3-4,6-7,17-20,28H,5,8-16H2,1-2H3. The number of nitrogens with zero attached hydrogens (tertiary/aromatic N) is 3. The second-order valence-corrected chi connectivity index (χ2v) is 9.32. The third-order valence-electron chi connectivity index (χ3n) is 6.79. The van der Waals surface area contributed by atoms with Gasteiger partial charge in [0.1, 0.15) is 5.75 Å². The van der Waals surface area contributed by atoms with Gasteiger partial charge in [0.15, 0.2) is 0 Å². The van der Waals surface area contributed by atoms with Gasteiger partial charge in [0.05, 0.1) is 29.7 Å². The molecule has 0 spiro atoms. The first-order chi connectivity index (χ1) is 14.9. The molecule has 2 saturated heterocycles. The number of piperazine rings is 1. The largest absolute Gasteiger partial charge is 0.489 e. The minimum atomic E-state index is -0.440. The highest BCUT2D eigenvalue weighted by molar-refractivity contribution is 6.05. The first-order valence-electron chi connectivity index (χ1n) is 11.7. The van der Waals surface area contributed by atoms with Crippen LogP contribution in [0.15, 0.2) is 24.3 Å². The molecule has 4 rings (SSSR count). The smallest absolute Gasteiger partial charge is 0.233 e. The Morgan fingerprint density at radius 2 is 1.71 bits per heavy atom. The van der Waals surface area contributed by atoms with E-state index in [1.165, 1.54) is 4.90 Å². The number of benzene rings is 1. The third kappa shape index (κ3) is 4.88. The van der Waals surface area contributed by atoms with Crippen LogP contribution in [0.2, 0.25) is 0 Å². The Labute approximate surface area is 184 Å². The van der Waals surface area contributed by atoms with Gasteiger partial charge in [-0.15, -0.1) is 0 Å². The number of hydrogen-bond acceptors (Lipinski definition) is 6. The molecule has 2 heterocycles. The molecule has 0 radical (unpaired) electrons. The summed E-state index contributed by atoms with van der Waals surface area (Å²) in [6.07, 6.45) is 2.21. The van der Waals surface area contributed by atoms with E-state index >= 15 is 0 Å². The van der Waals surface area contributed by atoms with Crippen molar-refractivity contribution in [1.29, 1.82) is 0 Å². The predicted molar refractivity (Wildman–Crippen MR) is 119 cm³/mol. The summed E-state index contributed by atoms with van der Waals surface area (Å²) >= 11 is 0. The fourth-order valence-electron chi connectivity index (χ4n) is 5.18. The third-order valence-corrected chi connectivity index (χ3v) is 6.79. The van der Waals surface area contributed by atoms with Gasteiger partial charge in [-0.05, 0) is 58.2 Å². The van der Waals surface area contributed by atoms with Crippen molar-refractivity contribution in [2.75, 3.05) is 44.2 Å². The van der Waals surface area contributed by atoms with Gasteiger partial charge >= 0.3 is 0 Å². The lowest BCUT2D eigenvalue weighted by atomic mass is 9.80. The van der Waals surface area contributed by atoms with Crippen LogP contribution in [0.25, 0.3) is 0 Å². The number of likely N-dealkylation sites (tertiary alicyclic amines) is 1. The van der Waals surface area contributed by atoms with Crippen LogP contribution in [-0.2, 0) is 9.59 Å². The molecule has 7 nitrogen and oxygen atoms in total. The van der Waals surface area contributed by atoms with Gasteiger partial charge in [-0.2, -0.15) is 0 Å². The number of carbonyl (C=O) groups excluding carboxylic acids is 2. The zero-order valence-electron chi connectivity index (χ0n) is 18.7. The van der Waals surface area contributed by atoms with E-state index in [1.807, 2.05) is 26.0 Å². The van der Waals surface area contributed by atoms with E-state index in [-0.39, 0.29) is 29.8 Å². The summed E-state index contributed by atoms with van der Waals surface area (Å²) in [6.45, 7) is 9.23. The van der Waals surface area contributed by atoms with Crippen molar-refractivity contribution in [2.24, 2.45) is 11.8 Å². The van der Waals surface area contributed by atoms with Gasteiger partial charge in [-0.25, -0.2) is 0 Å². The van der Waals surface area contributed by atoms with Gasteiger partial charge in [-0.3, -0.25) is 19.4 Å². The summed E-state index contributed by atoms with van der Waals surface area (Å²) in [5, 5.41) is 9.86. The van der Waals surface area contributed by atoms with Crippen LogP contribution < -0.4 is 9.64 Å². The molecule has 3 fully saturated rings. The van der Waals surface area contributed by atoms with Crippen molar-refractivity contribution in [3.63, 3.8) is 0 Å². The van der Waals surface area contributed by atoms with Gasteiger partial charge < -0.3 is 14.7 Å². The number of fused-ring (bicyclic) bond motifs is 1. The molecule has 2 amide bonds. The summed E-state index contributed by atoms with van der Waals surface area (Å²) in [4.78, 5) is 31.5. The highest BCUT2D eigenvalue weighted by Gasteiger charge is 2.49. The number of amides is 2. The molecule has 1 aromatic carbocycles. The van der Waals surface area contributed by atoms with Crippen molar-refractivity contribution in [3.05, 3.63) is 24.3 Å². The quantitative estimate of drug-likeness (QED) is 0.670. The first kappa shape index (κ1) is 22.1. The minimum absolute atomic E-state index is 0.0199. The number of ether oxygens (including phenoxy) is 1. The van der Waals surface area contributed by atoms with E-state index in [9.17, 15) is 14.7 Å². The summed E-state index contributed by atoms with van der Waals surface area (Å²) in [5.41, 5.74) is 1.15. The van der Waals surface area contributed by atoms with Crippen molar-refractivity contribution in [2.45, 2.75) is 51.7 Å². The molecule has 7 heteroatoms. The number of para-hydroxylation sites is 2. The maximum atomic E-state index is 12.6. The average molecular weight is 430 g/mol. The van der Waals surface area contributed by atoms with E-state index in [1.54, 1.807) is 0 Å². The van der Waals surface area contributed by atoms with Crippen LogP contribution in [0, 0.1) is 11.8 Å². The van der Waals surface area contributed by atoms with E-state index in [4.69, 9.17) is 4.74 Å². The molecule has 1 aliphatic carbocycles. The Kier molecular flexibility index (Phi) is 6.82. The Bertz CT molecular complexity index is 791. The van der Waals surface area contributed by atoms with Gasteiger partial charge in [0.25, 0.3) is 0 Å². The number of hydrogen-bond donors (Lipinski definition) is 1. The zero-order chi connectivity index (χ0) is 22.0. The molecule has 0 aromatic heterocycles. The first-order valence-corrected chi connectivity index (χ1v) is 11.7. The van der Waals surface area contributed by atoms with E-state index < -0.39 is 6.10 Å². The topological polar surface area (TPSA) is 73.3 Å². The lowest BCUT2D eigenvalue weighted by Crippen LogP contribution is -2.47. The molecule has 3 aliphatic rings. The van der Waals surface area contributed by atoms with Crippen molar-refractivity contribution < 1.29 is 19.4 Å². The van der Waals surface area contributed by atoms with Crippen LogP contribution in [0.4, 0.5) is 5.69 Å². The zero-order valence-corrected chi connectivity index (χ0v) is 18.7. The fourth-order valence-corrected chi connectivity index (χ4v) is 5.18. The van der Waals surface area contributed by atoms with Crippen molar-refractivity contribution in [3.8, 4) is 5.75 Å². The maximum Gasteiger partial charge on any atom is 0.233 e. The number of imide groups is 1. The molecule has 2 aliphatic heterocycles. The average Bonchev–Trinajstić information content (AvgIpc) is 2.98. The second kappa shape index (κ2) is 9.57. The molecule has 3 unspecified atom stereocenters. The maximum absolute atomic E-state index is 12.6. The molecule has 0 bridgehead atoms. The van der Waals surface area contributed by atoms with Gasteiger partial charge in [0.2, 0.25) is 11.8 Å². The summed E-state index contributed by atoms with van der Waals surface area (Å²) in [6, 6.07) is 8.21. The Morgan fingerprint density at radius 1 is 1.00 bits per heavy atom. The normalized spacial score (nSPS) is 27.2. The summed E-state index contributed by atoms with van der Waals surface area (Å²) < 4.78 is 5.97. The van der Waals surface area contributed by atoms with E-state index in [0.717, 1.165) is 50.6 Å². The number of aliphatic hydroxyl groups excluding tert-OH is 1. The Balaban J connectivity index is 1.24. The number of anilines is 1. The van der Waals surface area contributed by atoms with Crippen molar-refractivity contribution >= 4 is 17.5 Å². The van der Waals surface area contributed by atoms with Crippen LogP contribution in [0.5, 0.6) is 5.75 Å². The highest BCUT2D eigenvalue weighted by atomic mass is 16.5. The SMILES string of the molecule is CC(C)Oc1ccccc1N1CCN(CCCN2C(=O)C3CCC(O)CC3C2=O)CC1. The summed E-state index contributed by atoms with van der Waals surface area (Å²) in [5.74, 6) is 0.345. The summed E-state index contributed by atoms with van der Waals surface area (Å²) in [7, 11) is 0. The molecule has 31 heavy (non-hydrogen) atoms. The monoisotopic (exact) mass is 429 g/mol. The van der Waals surface area contributed by atoms with E-state index in [2.05, 4.69) is 21.9 Å². The minimum Gasteiger partial charge on any atom is -0.489 e. The van der Waals surface area contributed by atoms with Crippen LogP contribution in [0.3, 0.4) is 0 Å². The number of rotatable bonds is 7. The Morgan fingerprint density at radius 3 is 2.45 bits per heavy atom. The van der Waals surface area contributed by atoms with Gasteiger partial charge in [0, 0.05) is 32.7 Å². The molecule has 1 saturated carbocycles. The number of carbonyl (C=O) groups is 2. The van der Waals surface area contributed by atoms with E-state index in [0.29, 0.717) is 25.8 Å². The second-order valence-electron chi connectivity index (χ2n) is 9.32. The fraction of sp³-hybridized carbons (Fsp3) is 0.667. The molecule has 1 aromatic rings. The Hall–Kier alpha value is -2.12. The molecule has 1 N–H and O–H groups in total. The van der Waals surface area contributed by atoms with Crippen molar-refractivity contribution in [1.82, 2.24) is 9.80 Å². The predicted octanol–water partition coefficient (Wildman–Crippen LogP) is 2.13. The molecular formula is C24H35N3O4. The highest BCUT2D eigenvalue weighted by Crippen LogP contribution is 2.38. The van der Waals surface area contributed by atoms with Crippen LogP contribution >= 0.6 is 0 Å². The number of aliphatic hydroxyl groups is 1. The lowest BCUT2D eigenvalue weighted by Gasteiger charge is -2.37. The molecule has 3 atom stereocenters. The van der Waals surface area contributed by atoms with Crippen LogP contribution in [-0.4, -0.2) is 78.2 Å². The lowest BCUT2D eigenvalue weighted by molar-refractivity contribution is -0.140. The molecule has 170 valence electrons.